The number of furan rings is 1. The van der Waals surface area contributed by atoms with Crippen molar-refractivity contribution in [3.8, 4) is 11.8 Å². The Morgan fingerprint density at radius 2 is 1.77 bits per heavy atom. The molecule has 2 aromatic carbocycles. The summed E-state index contributed by atoms with van der Waals surface area (Å²) in [6, 6.07) is 19.4. The van der Waals surface area contributed by atoms with Crippen LogP contribution in [0.2, 0.25) is 0 Å². The summed E-state index contributed by atoms with van der Waals surface area (Å²) in [7, 11) is 0. The minimum Gasteiger partial charge on any atom is -0.484 e. The quantitative estimate of drug-likeness (QED) is 0.558. The minimum absolute atomic E-state index is 0.0132. The van der Waals surface area contributed by atoms with E-state index in [0.717, 1.165) is 5.56 Å². The number of morpholine rings is 1. The van der Waals surface area contributed by atoms with Crippen molar-refractivity contribution in [2.75, 3.05) is 13.1 Å². The normalized spacial score (nSPS) is 17.5. The summed E-state index contributed by atoms with van der Waals surface area (Å²) in [4.78, 5) is 27.1. The Morgan fingerprint density at radius 3 is 2.49 bits per heavy atom. The molecule has 180 valence electrons. The molecule has 2 amide bonds. The van der Waals surface area contributed by atoms with Crippen LogP contribution in [0.1, 0.15) is 51.6 Å². The number of amides is 2. The molecule has 0 bridgehead atoms. The molecule has 1 N–H and O–H groups in total. The van der Waals surface area contributed by atoms with E-state index in [0.29, 0.717) is 42.3 Å². The summed E-state index contributed by atoms with van der Waals surface area (Å²) in [5, 5.41) is 12.0. The molecule has 1 saturated heterocycles. The molecule has 1 aliphatic rings. The highest BCUT2D eigenvalue weighted by atomic mass is 16.5. The van der Waals surface area contributed by atoms with Crippen molar-refractivity contribution in [1.29, 1.82) is 5.26 Å². The molecule has 0 spiro atoms. The highest BCUT2D eigenvalue weighted by molar-refractivity contribution is 5.94. The maximum atomic E-state index is 12.8. The lowest BCUT2D eigenvalue weighted by Crippen LogP contribution is -2.48. The number of nitrogens with zero attached hydrogens (tertiary/aromatic N) is 2. The largest absolute Gasteiger partial charge is 0.484 e. The zero-order valence-corrected chi connectivity index (χ0v) is 19.7. The molecule has 35 heavy (non-hydrogen) atoms. The Kier molecular flexibility index (Phi) is 7.48. The lowest BCUT2D eigenvalue weighted by Gasteiger charge is -2.35. The summed E-state index contributed by atoms with van der Waals surface area (Å²) in [6.45, 7) is 5.46. The minimum atomic E-state index is -0.356. The summed E-state index contributed by atoms with van der Waals surface area (Å²) in [5.74, 6) is 0.712. The van der Waals surface area contributed by atoms with Crippen molar-refractivity contribution in [3.63, 3.8) is 0 Å². The van der Waals surface area contributed by atoms with E-state index in [1.54, 1.807) is 48.5 Å². The second-order valence-corrected chi connectivity index (χ2v) is 8.51. The van der Waals surface area contributed by atoms with E-state index in [1.165, 1.54) is 0 Å². The van der Waals surface area contributed by atoms with Crippen LogP contribution in [-0.2, 0) is 17.9 Å². The summed E-state index contributed by atoms with van der Waals surface area (Å²) in [5.41, 5.74) is 1.90. The summed E-state index contributed by atoms with van der Waals surface area (Å²) >= 11 is 0. The fourth-order valence-corrected chi connectivity index (χ4v) is 3.97. The molecule has 1 aromatic heterocycles. The topological polar surface area (TPSA) is 105 Å². The molecule has 8 nitrogen and oxygen atoms in total. The molecule has 8 heteroatoms. The van der Waals surface area contributed by atoms with E-state index in [-0.39, 0.29) is 36.4 Å². The van der Waals surface area contributed by atoms with Gasteiger partial charge in [-0.2, -0.15) is 5.26 Å². The van der Waals surface area contributed by atoms with Gasteiger partial charge < -0.3 is 24.1 Å². The van der Waals surface area contributed by atoms with Crippen LogP contribution in [0.5, 0.6) is 5.75 Å². The monoisotopic (exact) mass is 473 g/mol. The summed E-state index contributed by atoms with van der Waals surface area (Å²) < 4.78 is 16.9. The molecule has 2 heterocycles. The highest BCUT2D eigenvalue weighted by Gasteiger charge is 2.26. The smallest absolute Gasteiger partial charge is 0.287 e. The van der Waals surface area contributed by atoms with Gasteiger partial charge in [0.25, 0.3) is 11.8 Å². The molecule has 0 saturated carbocycles. The lowest BCUT2D eigenvalue weighted by molar-refractivity contribution is -0.0586. The third kappa shape index (κ3) is 6.08. The van der Waals surface area contributed by atoms with Crippen LogP contribution < -0.4 is 10.1 Å². The van der Waals surface area contributed by atoms with Gasteiger partial charge in [-0.25, -0.2) is 0 Å². The molecule has 2 unspecified atom stereocenters. The molecule has 3 aromatic rings. The Morgan fingerprint density at radius 1 is 1.06 bits per heavy atom. The molecule has 4 rings (SSSR count). The highest BCUT2D eigenvalue weighted by Crippen LogP contribution is 2.19. The van der Waals surface area contributed by atoms with E-state index in [4.69, 9.17) is 19.2 Å². The van der Waals surface area contributed by atoms with Crippen molar-refractivity contribution in [2.45, 2.75) is 39.2 Å². The number of rotatable bonds is 7. The maximum Gasteiger partial charge on any atom is 0.287 e. The second kappa shape index (κ2) is 10.9. The number of hydrogen-bond donors (Lipinski definition) is 1. The van der Waals surface area contributed by atoms with Crippen LogP contribution in [-0.4, -0.2) is 42.0 Å². The zero-order valence-electron chi connectivity index (χ0n) is 19.7. The Bertz CT molecular complexity index is 1220. The van der Waals surface area contributed by atoms with Gasteiger partial charge >= 0.3 is 0 Å². The number of benzene rings is 2. The average molecular weight is 474 g/mol. The first kappa shape index (κ1) is 24.0. The number of para-hydroxylation sites is 1. The Hall–Kier alpha value is -4.09. The van der Waals surface area contributed by atoms with Crippen molar-refractivity contribution in [3.05, 3.63) is 88.9 Å². The fraction of sp³-hybridized carbons (Fsp3) is 0.296. The van der Waals surface area contributed by atoms with Gasteiger partial charge in [0.15, 0.2) is 5.76 Å². The maximum absolute atomic E-state index is 12.8. The van der Waals surface area contributed by atoms with E-state index >= 15 is 0 Å². The predicted octanol–water partition coefficient (Wildman–Crippen LogP) is 3.91. The number of hydrogen-bond acceptors (Lipinski definition) is 6. The SMILES string of the molecule is CC1CN(C(=O)c2ccc(CNC(=O)c3ccc(COc4ccccc4C#N)o3)cc2)CC(C)O1. The lowest BCUT2D eigenvalue weighted by atomic mass is 10.1. The first-order chi connectivity index (χ1) is 16.9. The molecule has 1 fully saturated rings. The van der Waals surface area contributed by atoms with E-state index in [2.05, 4.69) is 11.4 Å². The van der Waals surface area contributed by atoms with Gasteiger partial charge in [0, 0.05) is 25.2 Å². The van der Waals surface area contributed by atoms with Crippen molar-refractivity contribution in [2.24, 2.45) is 0 Å². The van der Waals surface area contributed by atoms with Gasteiger partial charge in [-0.15, -0.1) is 0 Å². The van der Waals surface area contributed by atoms with Crippen LogP contribution in [0.25, 0.3) is 0 Å². The number of carbonyl (C=O) groups excluding carboxylic acids is 2. The standard InChI is InChI=1S/C27H27N3O5/c1-18-15-30(16-19(2)34-18)27(32)21-9-7-20(8-10-21)14-29-26(31)25-12-11-23(35-25)17-33-24-6-4-3-5-22(24)13-28/h3-12,18-19H,14-17H2,1-2H3,(H,29,31). The predicted molar refractivity (Wildman–Crippen MR) is 128 cm³/mol. The number of ether oxygens (including phenoxy) is 2. The van der Waals surface area contributed by atoms with Gasteiger partial charge in [-0.3, -0.25) is 9.59 Å². The molecule has 0 radical (unpaired) electrons. The van der Waals surface area contributed by atoms with Gasteiger partial charge in [0.2, 0.25) is 0 Å². The summed E-state index contributed by atoms with van der Waals surface area (Å²) in [6.07, 6.45) is 0.0263. The first-order valence-electron chi connectivity index (χ1n) is 11.5. The van der Waals surface area contributed by atoms with Gasteiger partial charge in [-0.1, -0.05) is 24.3 Å². The fourth-order valence-electron chi connectivity index (χ4n) is 3.97. The van der Waals surface area contributed by atoms with Gasteiger partial charge in [-0.05, 0) is 55.8 Å². The molecular weight excluding hydrogens is 446 g/mol. The van der Waals surface area contributed by atoms with Crippen molar-refractivity contribution >= 4 is 11.8 Å². The van der Waals surface area contributed by atoms with Crippen LogP contribution in [0.15, 0.2) is 65.1 Å². The third-order valence-corrected chi connectivity index (χ3v) is 5.62. The third-order valence-electron chi connectivity index (χ3n) is 5.62. The van der Waals surface area contributed by atoms with Crippen LogP contribution in [0.4, 0.5) is 0 Å². The van der Waals surface area contributed by atoms with E-state index in [1.807, 2.05) is 30.9 Å². The number of carbonyl (C=O) groups is 2. The molecule has 1 aliphatic heterocycles. The van der Waals surface area contributed by atoms with Crippen LogP contribution in [0.3, 0.4) is 0 Å². The van der Waals surface area contributed by atoms with Crippen LogP contribution in [0, 0.1) is 11.3 Å². The Labute approximate surface area is 204 Å². The van der Waals surface area contributed by atoms with Gasteiger partial charge in [0.1, 0.15) is 24.2 Å². The Balaban J connectivity index is 1.28. The molecule has 2 atom stereocenters. The van der Waals surface area contributed by atoms with Crippen LogP contribution >= 0.6 is 0 Å². The van der Waals surface area contributed by atoms with Gasteiger partial charge in [0.05, 0.1) is 17.8 Å². The van der Waals surface area contributed by atoms with E-state index in [9.17, 15) is 9.59 Å². The zero-order chi connectivity index (χ0) is 24.8. The van der Waals surface area contributed by atoms with E-state index < -0.39 is 0 Å². The first-order valence-corrected chi connectivity index (χ1v) is 11.5. The number of nitriles is 1. The molecule has 0 aliphatic carbocycles. The van der Waals surface area contributed by atoms with Crippen molar-refractivity contribution < 1.29 is 23.5 Å². The number of nitrogens with one attached hydrogen (secondary N) is 1. The average Bonchev–Trinajstić information content (AvgIpc) is 3.35. The molecular formula is C27H27N3O5. The van der Waals surface area contributed by atoms with Crippen molar-refractivity contribution in [1.82, 2.24) is 10.2 Å². The second-order valence-electron chi connectivity index (χ2n) is 8.51.